The molecule has 0 saturated heterocycles. The highest BCUT2D eigenvalue weighted by Gasteiger charge is 2.11. The van der Waals surface area contributed by atoms with Gasteiger partial charge in [-0.05, 0) is 41.3 Å². The van der Waals surface area contributed by atoms with Crippen LogP contribution in [0.2, 0.25) is 0 Å². The van der Waals surface area contributed by atoms with E-state index in [4.69, 9.17) is 10.9 Å². The van der Waals surface area contributed by atoms with Gasteiger partial charge in [-0.15, -0.1) is 0 Å². The van der Waals surface area contributed by atoms with Crippen LogP contribution in [0.1, 0.15) is 11.1 Å². The van der Waals surface area contributed by atoms with Crippen molar-refractivity contribution in [1.29, 1.82) is 0 Å². The maximum atomic E-state index is 11.4. The molecule has 0 aliphatic heterocycles. The van der Waals surface area contributed by atoms with Crippen molar-refractivity contribution < 1.29 is 8.42 Å². The van der Waals surface area contributed by atoms with Gasteiger partial charge in [0.05, 0.1) is 4.90 Å². The summed E-state index contributed by atoms with van der Waals surface area (Å²) >= 11 is 0. The van der Waals surface area contributed by atoms with E-state index >= 15 is 0 Å². The Labute approximate surface area is 113 Å². The molecule has 0 spiro atoms. The monoisotopic (exact) mass is 276 g/mol. The van der Waals surface area contributed by atoms with Gasteiger partial charge in [0.15, 0.2) is 0 Å². The average Bonchev–Trinajstić information content (AvgIpc) is 2.38. The van der Waals surface area contributed by atoms with Crippen LogP contribution in [0.3, 0.4) is 0 Å². The molecular formula is C14H16N2O2S. The molecule has 2 aromatic rings. The fraction of sp³-hybridized carbons (Fsp3) is 0.143. The van der Waals surface area contributed by atoms with Crippen LogP contribution in [0.15, 0.2) is 47.4 Å². The number of primary sulfonamides is 1. The third-order valence-electron chi connectivity index (χ3n) is 3.04. The van der Waals surface area contributed by atoms with Gasteiger partial charge in [0, 0.05) is 6.54 Å². The Hall–Kier alpha value is -1.69. The van der Waals surface area contributed by atoms with Gasteiger partial charge in [-0.3, -0.25) is 0 Å². The molecule has 0 aliphatic carbocycles. The second kappa shape index (κ2) is 5.13. The first-order valence-corrected chi connectivity index (χ1v) is 7.39. The summed E-state index contributed by atoms with van der Waals surface area (Å²) in [6.07, 6.45) is 0. The summed E-state index contributed by atoms with van der Waals surface area (Å²) in [6, 6.07) is 12.6. The van der Waals surface area contributed by atoms with Crippen LogP contribution in [0.4, 0.5) is 0 Å². The minimum Gasteiger partial charge on any atom is -0.326 e. The molecule has 0 unspecified atom stereocenters. The minimum absolute atomic E-state index is 0.121. The van der Waals surface area contributed by atoms with E-state index in [9.17, 15) is 8.42 Å². The van der Waals surface area contributed by atoms with Crippen LogP contribution in [-0.2, 0) is 16.6 Å². The van der Waals surface area contributed by atoms with Gasteiger partial charge in [0.25, 0.3) is 0 Å². The maximum Gasteiger partial charge on any atom is 0.238 e. The van der Waals surface area contributed by atoms with Gasteiger partial charge >= 0.3 is 0 Å². The van der Waals surface area contributed by atoms with Crippen molar-refractivity contribution in [2.24, 2.45) is 10.9 Å². The van der Waals surface area contributed by atoms with E-state index in [2.05, 4.69) is 0 Å². The van der Waals surface area contributed by atoms with E-state index in [1.807, 2.05) is 31.2 Å². The molecule has 0 radical (unpaired) electrons. The number of rotatable bonds is 3. The van der Waals surface area contributed by atoms with Crippen LogP contribution >= 0.6 is 0 Å². The predicted octanol–water partition coefficient (Wildman–Crippen LogP) is 1.77. The van der Waals surface area contributed by atoms with E-state index in [0.717, 1.165) is 22.3 Å². The van der Waals surface area contributed by atoms with Gasteiger partial charge in [0.2, 0.25) is 10.0 Å². The average molecular weight is 276 g/mol. The Bertz CT molecular complexity index is 692. The van der Waals surface area contributed by atoms with E-state index in [1.165, 1.54) is 6.07 Å². The predicted molar refractivity (Wildman–Crippen MR) is 75.9 cm³/mol. The highest BCUT2D eigenvalue weighted by atomic mass is 32.2. The summed E-state index contributed by atoms with van der Waals surface area (Å²) < 4.78 is 22.8. The highest BCUT2D eigenvalue weighted by Crippen LogP contribution is 2.26. The standard InChI is InChI=1S/C14H16N2O2S/c1-10-2-7-13(19(16,17)18)8-14(10)12-5-3-11(9-15)4-6-12/h2-8H,9,15H2,1H3,(H2,16,17,18). The Morgan fingerprint density at radius 1 is 1.05 bits per heavy atom. The van der Waals surface area contributed by atoms with Crippen molar-refractivity contribution in [3.63, 3.8) is 0 Å². The van der Waals surface area contributed by atoms with Crippen molar-refractivity contribution in [1.82, 2.24) is 0 Å². The van der Waals surface area contributed by atoms with Gasteiger partial charge in [-0.25, -0.2) is 13.6 Å². The molecular weight excluding hydrogens is 260 g/mol. The molecule has 19 heavy (non-hydrogen) atoms. The molecule has 0 fully saturated rings. The fourth-order valence-corrected chi connectivity index (χ4v) is 2.45. The first-order valence-electron chi connectivity index (χ1n) is 5.84. The van der Waals surface area contributed by atoms with Crippen LogP contribution in [0.5, 0.6) is 0 Å². The third-order valence-corrected chi connectivity index (χ3v) is 3.95. The second-order valence-electron chi connectivity index (χ2n) is 4.42. The van der Waals surface area contributed by atoms with E-state index in [0.29, 0.717) is 6.54 Å². The molecule has 0 bridgehead atoms. The molecule has 2 rings (SSSR count). The first kappa shape index (κ1) is 13.7. The summed E-state index contributed by atoms with van der Waals surface area (Å²) in [5, 5.41) is 5.16. The lowest BCUT2D eigenvalue weighted by Gasteiger charge is -2.09. The number of nitrogens with two attached hydrogens (primary N) is 2. The molecule has 0 aromatic heterocycles. The van der Waals surface area contributed by atoms with Crippen molar-refractivity contribution in [2.45, 2.75) is 18.4 Å². The maximum absolute atomic E-state index is 11.4. The normalized spacial score (nSPS) is 11.5. The number of hydrogen-bond acceptors (Lipinski definition) is 3. The third kappa shape index (κ3) is 3.01. The number of hydrogen-bond donors (Lipinski definition) is 2. The van der Waals surface area contributed by atoms with Crippen molar-refractivity contribution in [3.8, 4) is 11.1 Å². The topological polar surface area (TPSA) is 86.2 Å². The molecule has 100 valence electrons. The molecule has 0 heterocycles. The van der Waals surface area contributed by atoms with Gasteiger partial charge in [-0.2, -0.15) is 0 Å². The zero-order chi connectivity index (χ0) is 14.0. The second-order valence-corrected chi connectivity index (χ2v) is 5.98. The zero-order valence-corrected chi connectivity index (χ0v) is 11.4. The lowest BCUT2D eigenvalue weighted by Crippen LogP contribution is -2.12. The summed E-state index contributed by atoms with van der Waals surface area (Å²) in [6.45, 7) is 2.41. The van der Waals surface area contributed by atoms with Crippen LogP contribution in [0.25, 0.3) is 11.1 Å². The van der Waals surface area contributed by atoms with E-state index in [1.54, 1.807) is 12.1 Å². The molecule has 4 nitrogen and oxygen atoms in total. The Balaban J connectivity index is 2.54. The molecule has 0 aliphatic rings. The molecule has 5 heteroatoms. The van der Waals surface area contributed by atoms with Crippen LogP contribution in [0, 0.1) is 6.92 Å². The number of aryl methyl sites for hydroxylation is 1. The molecule has 4 N–H and O–H groups in total. The van der Waals surface area contributed by atoms with E-state index < -0.39 is 10.0 Å². The van der Waals surface area contributed by atoms with Crippen molar-refractivity contribution >= 4 is 10.0 Å². The first-order chi connectivity index (χ1) is 8.91. The Morgan fingerprint density at radius 3 is 2.21 bits per heavy atom. The smallest absolute Gasteiger partial charge is 0.238 e. The van der Waals surface area contributed by atoms with Crippen molar-refractivity contribution in [2.75, 3.05) is 0 Å². The quantitative estimate of drug-likeness (QED) is 0.895. The molecule has 0 atom stereocenters. The summed E-state index contributed by atoms with van der Waals surface area (Å²) in [7, 11) is -3.68. The Morgan fingerprint density at radius 2 is 1.68 bits per heavy atom. The largest absolute Gasteiger partial charge is 0.326 e. The van der Waals surface area contributed by atoms with E-state index in [-0.39, 0.29) is 4.90 Å². The van der Waals surface area contributed by atoms with Gasteiger partial charge in [-0.1, -0.05) is 30.3 Å². The molecule has 0 amide bonds. The summed E-state index contributed by atoms with van der Waals surface area (Å²) in [4.78, 5) is 0.121. The van der Waals surface area contributed by atoms with Gasteiger partial charge < -0.3 is 5.73 Å². The lowest BCUT2D eigenvalue weighted by atomic mass is 9.99. The van der Waals surface area contributed by atoms with Gasteiger partial charge in [0.1, 0.15) is 0 Å². The Kier molecular flexibility index (Phi) is 3.71. The SMILES string of the molecule is Cc1ccc(S(N)(=O)=O)cc1-c1ccc(CN)cc1. The number of sulfonamides is 1. The lowest BCUT2D eigenvalue weighted by molar-refractivity contribution is 0.598. The zero-order valence-electron chi connectivity index (χ0n) is 10.6. The van der Waals surface area contributed by atoms with Crippen LogP contribution in [-0.4, -0.2) is 8.42 Å². The summed E-state index contributed by atoms with van der Waals surface area (Å²) in [5.41, 5.74) is 9.38. The minimum atomic E-state index is -3.68. The number of benzene rings is 2. The molecule has 2 aromatic carbocycles. The van der Waals surface area contributed by atoms with Crippen LogP contribution < -0.4 is 10.9 Å². The fourth-order valence-electron chi connectivity index (χ4n) is 1.91. The summed E-state index contributed by atoms with van der Waals surface area (Å²) in [5.74, 6) is 0. The van der Waals surface area contributed by atoms with Crippen molar-refractivity contribution in [3.05, 3.63) is 53.6 Å². The highest BCUT2D eigenvalue weighted by molar-refractivity contribution is 7.89. The molecule has 0 saturated carbocycles.